The number of halogens is 1. The fourth-order valence-electron chi connectivity index (χ4n) is 2.12. The van der Waals surface area contributed by atoms with Crippen LogP contribution in [-0.4, -0.2) is 54.1 Å². The van der Waals surface area contributed by atoms with E-state index in [2.05, 4.69) is 4.90 Å². The number of piperazine rings is 1. The van der Waals surface area contributed by atoms with Crippen LogP contribution in [0, 0.1) is 10.1 Å². The monoisotopic (exact) mass is 300 g/mol. The van der Waals surface area contributed by atoms with Crippen LogP contribution < -0.4 is 17.3 Å². The molecule has 1 saturated heterocycles. The number of anilines is 1. The minimum absolute atomic E-state index is 0. The first kappa shape index (κ1) is 16.2. The molecule has 0 atom stereocenters. The molecule has 1 N–H and O–H groups in total. The third kappa shape index (κ3) is 3.37. The molecule has 1 aromatic rings. The summed E-state index contributed by atoms with van der Waals surface area (Å²) < 4.78 is 0. The molecule has 0 aromatic heterocycles. The van der Waals surface area contributed by atoms with E-state index >= 15 is 0 Å². The topological polar surface area (TPSA) is 86.9 Å². The van der Waals surface area contributed by atoms with Crippen LogP contribution in [0.2, 0.25) is 0 Å². The zero-order valence-electron chi connectivity index (χ0n) is 11.0. The highest BCUT2D eigenvalue weighted by Gasteiger charge is 2.23. The predicted molar refractivity (Wildman–Crippen MR) is 69.8 cm³/mol. The molecule has 8 heteroatoms. The summed E-state index contributed by atoms with van der Waals surface area (Å²) in [5.41, 5.74) is 0.275. The molecular formula is C12H15ClN3O4-. The molecule has 0 bridgehead atoms. The number of nitrogens with zero attached hydrogens (tertiary/aromatic N) is 3. The minimum Gasteiger partial charge on any atom is -1.00 e. The number of benzene rings is 1. The summed E-state index contributed by atoms with van der Waals surface area (Å²) in [5, 5.41) is 20.0. The summed E-state index contributed by atoms with van der Waals surface area (Å²) in [6.07, 6.45) is 0. The number of aromatic carboxylic acids is 1. The molecule has 0 unspecified atom stereocenters. The van der Waals surface area contributed by atoms with E-state index in [1.54, 1.807) is 0 Å². The lowest BCUT2D eigenvalue weighted by Crippen LogP contribution is -3.00. The standard InChI is InChI=1S/C12H15N3O4.ClH/c1-13-4-6-14(7-5-13)10-3-2-9(12(16)17)8-11(10)15(18)19;/h2-3,8H,4-7H2,1H3,(H,16,17);1H/p-1. The molecule has 1 aliphatic heterocycles. The normalized spacial score (nSPS) is 15.6. The van der Waals surface area contributed by atoms with Gasteiger partial charge in [0.2, 0.25) is 0 Å². The van der Waals surface area contributed by atoms with Crippen molar-refractivity contribution < 1.29 is 27.2 Å². The number of hydrogen-bond donors (Lipinski definition) is 1. The Morgan fingerprint density at radius 2 is 1.90 bits per heavy atom. The van der Waals surface area contributed by atoms with Crippen LogP contribution in [0.4, 0.5) is 11.4 Å². The van der Waals surface area contributed by atoms with E-state index in [0.29, 0.717) is 18.8 Å². The van der Waals surface area contributed by atoms with Crippen LogP contribution >= 0.6 is 0 Å². The second-order valence-corrected chi connectivity index (χ2v) is 4.56. The smallest absolute Gasteiger partial charge is 0.335 e. The van der Waals surface area contributed by atoms with Gasteiger partial charge in [-0.15, -0.1) is 0 Å². The molecule has 20 heavy (non-hydrogen) atoms. The molecule has 110 valence electrons. The highest BCUT2D eigenvalue weighted by Crippen LogP contribution is 2.29. The van der Waals surface area contributed by atoms with Crippen molar-refractivity contribution in [3.63, 3.8) is 0 Å². The second kappa shape index (κ2) is 6.53. The fourth-order valence-corrected chi connectivity index (χ4v) is 2.12. The molecular weight excluding hydrogens is 286 g/mol. The molecule has 1 aromatic carbocycles. The van der Waals surface area contributed by atoms with Crippen molar-refractivity contribution in [1.82, 2.24) is 4.90 Å². The molecule has 2 rings (SSSR count). The number of nitro benzene ring substituents is 1. The van der Waals surface area contributed by atoms with Crippen molar-refractivity contribution in [2.45, 2.75) is 0 Å². The van der Waals surface area contributed by atoms with Crippen molar-refractivity contribution in [2.24, 2.45) is 0 Å². The van der Waals surface area contributed by atoms with Crippen molar-refractivity contribution in [1.29, 1.82) is 0 Å². The Kier molecular flexibility index (Phi) is 5.29. The van der Waals surface area contributed by atoms with Gasteiger partial charge in [-0.05, 0) is 19.2 Å². The van der Waals surface area contributed by atoms with Crippen LogP contribution in [0.15, 0.2) is 18.2 Å². The first-order valence-corrected chi connectivity index (χ1v) is 5.94. The highest BCUT2D eigenvalue weighted by molar-refractivity contribution is 5.89. The van der Waals surface area contributed by atoms with E-state index in [9.17, 15) is 14.9 Å². The van der Waals surface area contributed by atoms with Gasteiger partial charge in [0, 0.05) is 32.2 Å². The number of likely N-dealkylation sites (N-methyl/N-ethyl adjacent to an activating group) is 1. The van der Waals surface area contributed by atoms with E-state index in [0.717, 1.165) is 19.2 Å². The third-order valence-corrected chi connectivity index (χ3v) is 3.26. The SMILES string of the molecule is CN1CCN(c2ccc(C(=O)O)cc2[N+](=O)[O-])CC1.[Cl-]. The third-order valence-electron chi connectivity index (χ3n) is 3.26. The predicted octanol–water partition coefficient (Wildman–Crippen LogP) is -1.95. The van der Waals surface area contributed by atoms with Crippen LogP contribution in [0.25, 0.3) is 0 Å². The van der Waals surface area contributed by atoms with Crippen molar-refractivity contribution in [3.05, 3.63) is 33.9 Å². The van der Waals surface area contributed by atoms with E-state index in [-0.39, 0.29) is 23.7 Å². The Balaban J connectivity index is 0.00000200. The van der Waals surface area contributed by atoms with E-state index in [4.69, 9.17) is 5.11 Å². The first-order chi connectivity index (χ1) is 8.99. The number of carboxylic acid groups (broad SMARTS) is 1. The molecule has 0 spiro atoms. The summed E-state index contributed by atoms with van der Waals surface area (Å²) in [7, 11) is 2.00. The summed E-state index contributed by atoms with van der Waals surface area (Å²) in [4.78, 5) is 25.5. The Morgan fingerprint density at radius 1 is 1.30 bits per heavy atom. The summed E-state index contributed by atoms with van der Waals surface area (Å²) in [6.45, 7) is 3.06. The number of hydrogen-bond acceptors (Lipinski definition) is 5. The highest BCUT2D eigenvalue weighted by atomic mass is 35.5. The minimum atomic E-state index is -1.16. The molecule has 1 heterocycles. The lowest BCUT2D eigenvalue weighted by molar-refractivity contribution is -0.384. The van der Waals surface area contributed by atoms with Crippen LogP contribution in [-0.2, 0) is 0 Å². The Hall–Kier alpha value is -1.86. The van der Waals surface area contributed by atoms with Crippen molar-refractivity contribution >= 4 is 17.3 Å². The molecule has 0 aliphatic carbocycles. The maximum atomic E-state index is 11.1. The number of carbonyl (C=O) groups is 1. The zero-order valence-corrected chi connectivity index (χ0v) is 11.7. The van der Waals surface area contributed by atoms with E-state index in [1.807, 2.05) is 11.9 Å². The summed E-state index contributed by atoms with van der Waals surface area (Å²) >= 11 is 0. The van der Waals surface area contributed by atoms with Crippen molar-refractivity contribution in [3.8, 4) is 0 Å². The maximum absolute atomic E-state index is 11.1. The van der Waals surface area contributed by atoms with Gasteiger partial charge in [-0.25, -0.2) is 4.79 Å². The van der Waals surface area contributed by atoms with Gasteiger partial charge in [-0.2, -0.15) is 0 Å². The molecule has 1 aliphatic rings. The Morgan fingerprint density at radius 3 is 2.40 bits per heavy atom. The molecule has 0 amide bonds. The van der Waals surface area contributed by atoms with Crippen LogP contribution in [0.5, 0.6) is 0 Å². The molecule has 1 fully saturated rings. The number of nitro groups is 1. The molecule has 0 saturated carbocycles. The number of carboxylic acids is 1. The van der Waals surface area contributed by atoms with Gasteiger partial charge < -0.3 is 27.3 Å². The fraction of sp³-hybridized carbons (Fsp3) is 0.417. The Labute approximate surface area is 122 Å². The number of rotatable bonds is 3. The average molecular weight is 301 g/mol. The average Bonchev–Trinajstić information content (AvgIpc) is 2.38. The van der Waals surface area contributed by atoms with Crippen molar-refractivity contribution in [2.75, 3.05) is 38.1 Å². The van der Waals surface area contributed by atoms with Gasteiger partial charge in [-0.1, -0.05) is 0 Å². The van der Waals surface area contributed by atoms with E-state index < -0.39 is 10.9 Å². The quantitative estimate of drug-likeness (QED) is 0.516. The first-order valence-electron chi connectivity index (χ1n) is 5.94. The molecule has 7 nitrogen and oxygen atoms in total. The van der Waals surface area contributed by atoms with Gasteiger partial charge in [0.15, 0.2) is 0 Å². The lowest BCUT2D eigenvalue weighted by Gasteiger charge is -2.33. The van der Waals surface area contributed by atoms with Gasteiger partial charge in [0.25, 0.3) is 5.69 Å². The van der Waals surface area contributed by atoms with Gasteiger partial charge >= 0.3 is 5.97 Å². The zero-order chi connectivity index (χ0) is 14.0. The van der Waals surface area contributed by atoms with Gasteiger partial charge in [-0.3, -0.25) is 10.1 Å². The maximum Gasteiger partial charge on any atom is 0.335 e. The van der Waals surface area contributed by atoms with Gasteiger partial charge in [0.05, 0.1) is 10.5 Å². The lowest BCUT2D eigenvalue weighted by atomic mass is 10.1. The largest absolute Gasteiger partial charge is 1.00 e. The van der Waals surface area contributed by atoms with E-state index in [1.165, 1.54) is 12.1 Å². The second-order valence-electron chi connectivity index (χ2n) is 4.56. The van der Waals surface area contributed by atoms with Crippen LogP contribution in [0.3, 0.4) is 0 Å². The summed E-state index contributed by atoms with van der Waals surface area (Å²) in [6, 6.07) is 4.05. The molecule has 0 radical (unpaired) electrons. The van der Waals surface area contributed by atoms with Crippen LogP contribution in [0.1, 0.15) is 10.4 Å². The Bertz CT molecular complexity index is 515. The summed E-state index contributed by atoms with van der Waals surface area (Å²) in [5.74, 6) is -1.16. The van der Waals surface area contributed by atoms with Gasteiger partial charge in [0.1, 0.15) is 5.69 Å².